The minimum atomic E-state index is 0.0439. The van der Waals surface area contributed by atoms with E-state index in [-0.39, 0.29) is 5.91 Å². The topological polar surface area (TPSA) is 32.3 Å². The van der Waals surface area contributed by atoms with E-state index in [1.165, 1.54) is 16.0 Å². The van der Waals surface area contributed by atoms with Crippen LogP contribution >= 0.6 is 11.3 Å². The third-order valence-corrected chi connectivity index (χ3v) is 5.31. The largest absolute Gasteiger partial charge is 0.350 e. The van der Waals surface area contributed by atoms with Crippen LogP contribution < -0.4 is 5.32 Å². The van der Waals surface area contributed by atoms with Crippen molar-refractivity contribution in [1.82, 2.24) is 10.2 Å². The van der Waals surface area contributed by atoms with Gasteiger partial charge in [-0.05, 0) is 43.5 Å². The van der Waals surface area contributed by atoms with E-state index in [2.05, 4.69) is 41.4 Å². The van der Waals surface area contributed by atoms with Crippen molar-refractivity contribution in [2.45, 2.75) is 32.9 Å². The first-order chi connectivity index (χ1) is 10.6. The van der Waals surface area contributed by atoms with E-state index in [4.69, 9.17) is 0 Å². The van der Waals surface area contributed by atoms with Gasteiger partial charge in [0, 0.05) is 30.6 Å². The van der Waals surface area contributed by atoms with Gasteiger partial charge in [-0.2, -0.15) is 0 Å². The molecule has 1 aromatic carbocycles. The van der Waals surface area contributed by atoms with Crippen molar-refractivity contribution in [1.29, 1.82) is 0 Å². The highest BCUT2D eigenvalue weighted by atomic mass is 32.1. The first kappa shape index (κ1) is 15.3. The number of carbonyl (C=O) groups is 1. The summed E-state index contributed by atoms with van der Waals surface area (Å²) in [7, 11) is 0. The summed E-state index contributed by atoms with van der Waals surface area (Å²) in [5.41, 5.74) is 2.88. The van der Waals surface area contributed by atoms with Crippen molar-refractivity contribution in [2.75, 3.05) is 13.1 Å². The number of aryl methyl sites for hydroxylation is 1. The Morgan fingerprint density at radius 3 is 2.77 bits per heavy atom. The number of carbonyl (C=O) groups excluding carboxylic acids is 1. The molecule has 0 saturated heterocycles. The lowest BCUT2D eigenvalue weighted by molar-refractivity contribution is 0.0936. The Balaban J connectivity index is 1.55. The van der Waals surface area contributed by atoms with E-state index in [1.807, 2.05) is 19.1 Å². The van der Waals surface area contributed by atoms with Crippen molar-refractivity contribution in [3.05, 3.63) is 57.3 Å². The second-order valence-electron chi connectivity index (χ2n) is 5.96. The number of amides is 1. The van der Waals surface area contributed by atoms with Crippen LogP contribution in [0.2, 0.25) is 0 Å². The summed E-state index contributed by atoms with van der Waals surface area (Å²) >= 11 is 1.55. The van der Waals surface area contributed by atoms with Gasteiger partial charge in [-0.25, -0.2) is 0 Å². The molecule has 1 N–H and O–H groups in total. The summed E-state index contributed by atoms with van der Waals surface area (Å²) in [4.78, 5) is 16.5. The quantitative estimate of drug-likeness (QED) is 0.939. The highest BCUT2D eigenvalue weighted by Crippen LogP contribution is 2.20. The molecule has 1 aliphatic heterocycles. The van der Waals surface area contributed by atoms with Crippen LogP contribution in [0.1, 0.15) is 32.6 Å². The SMILES string of the molecule is Cc1ccc(C(=O)NCC(C)N2CCc3ccccc3C2)s1. The number of rotatable bonds is 4. The number of nitrogens with zero attached hydrogens (tertiary/aromatic N) is 1. The van der Waals surface area contributed by atoms with E-state index >= 15 is 0 Å². The second kappa shape index (κ2) is 6.63. The molecular weight excluding hydrogens is 292 g/mol. The molecule has 1 aromatic heterocycles. The number of benzene rings is 1. The van der Waals surface area contributed by atoms with Crippen molar-refractivity contribution < 1.29 is 4.79 Å². The molecule has 0 fully saturated rings. The Bertz CT molecular complexity index is 665. The summed E-state index contributed by atoms with van der Waals surface area (Å²) in [5, 5.41) is 3.06. The maximum atomic E-state index is 12.1. The first-order valence-electron chi connectivity index (χ1n) is 7.79. The summed E-state index contributed by atoms with van der Waals surface area (Å²) in [5.74, 6) is 0.0439. The predicted molar refractivity (Wildman–Crippen MR) is 91.4 cm³/mol. The minimum absolute atomic E-state index is 0.0439. The standard InChI is InChI=1S/C18H22N2OS/c1-13(11-19-18(21)17-8-7-14(2)22-17)20-10-9-15-5-3-4-6-16(15)12-20/h3-8,13H,9-12H2,1-2H3,(H,19,21). The smallest absolute Gasteiger partial charge is 0.261 e. The highest BCUT2D eigenvalue weighted by Gasteiger charge is 2.20. The van der Waals surface area contributed by atoms with Crippen LogP contribution in [0.5, 0.6) is 0 Å². The van der Waals surface area contributed by atoms with Crippen LogP contribution in [0.25, 0.3) is 0 Å². The van der Waals surface area contributed by atoms with Gasteiger partial charge in [0.1, 0.15) is 0 Å². The van der Waals surface area contributed by atoms with Gasteiger partial charge in [0.05, 0.1) is 4.88 Å². The van der Waals surface area contributed by atoms with Gasteiger partial charge >= 0.3 is 0 Å². The Kier molecular flexibility index (Phi) is 4.60. The molecule has 0 aliphatic carbocycles. The van der Waals surface area contributed by atoms with Crippen molar-refractivity contribution >= 4 is 17.2 Å². The molecule has 1 unspecified atom stereocenters. The fourth-order valence-electron chi connectivity index (χ4n) is 2.91. The zero-order valence-electron chi connectivity index (χ0n) is 13.1. The summed E-state index contributed by atoms with van der Waals surface area (Å²) in [6.45, 7) is 6.94. The first-order valence-corrected chi connectivity index (χ1v) is 8.60. The Morgan fingerprint density at radius 2 is 2.05 bits per heavy atom. The Hall–Kier alpha value is -1.65. The van der Waals surface area contributed by atoms with Crippen LogP contribution in [-0.2, 0) is 13.0 Å². The number of thiophene rings is 1. The summed E-state index contributed by atoms with van der Waals surface area (Å²) in [6.07, 6.45) is 1.10. The molecule has 4 heteroatoms. The third-order valence-electron chi connectivity index (χ3n) is 4.31. The predicted octanol–water partition coefficient (Wildman–Crippen LogP) is 3.23. The molecule has 3 nitrogen and oxygen atoms in total. The van der Waals surface area contributed by atoms with Crippen molar-refractivity contribution in [3.63, 3.8) is 0 Å². The Morgan fingerprint density at radius 1 is 1.27 bits per heavy atom. The van der Waals surface area contributed by atoms with Gasteiger partial charge in [-0.1, -0.05) is 24.3 Å². The van der Waals surface area contributed by atoms with Gasteiger partial charge in [-0.3, -0.25) is 9.69 Å². The molecule has 2 aromatic rings. The van der Waals surface area contributed by atoms with Gasteiger partial charge in [0.25, 0.3) is 5.91 Å². The lowest BCUT2D eigenvalue weighted by atomic mass is 9.99. The van der Waals surface area contributed by atoms with Gasteiger partial charge in [0.15, 0.2) is 0 Å². The molecule has 0 radical (unpaired) electrons. The highest BCUT2D eigenvalue weighted by molar-refractivity contribution is 7.13. The Labute approximate surface area is 136 Å². The molecule has 2 heterocycles. The minimum Gasteiger partial charge on any atom is -0.350 e. The van der Waals surface area contributed by atoms with Gasteiger partial charge in [-0.15, -0.1) is 11.3 Å². The van der Waals surface area contributed by atoms with Crippen LogP contribution in [0.15, 0.2) is 36.4 Å². The molecule has 1 amide bonds. The molecule has 0 saturated carbocycles. The molecule has 22 heavy (non-hydrogen) atoms. The lowest BCUT2D eigenvalue weighted by Crippen LogP contribution is -2.44. The maximum Gasteiger partial charge on any atom is 0.261 e. The van der Waals surface area contributed by atoms with E-state index in [0.717, 1.165) is 24.4 Å². The van der Waals surface area contributed by atoms with Gasteiger partial charge in [0.2, 0.25) is 0 Å². The molecule has 0 bridgehead atoms. The normalized spacial score (nSPS) is 16.1. The van der Waals surface area contributed by atoms with E-state index in [1.54, 1.807) is 11.3 Å². The maximum absolute atomic E-state index is 12.1. The van der Waals surface area contributed by atoms with E-state index < -0.39 is 0 Å². The van der Waals surface area contributed by atoms with E-state index in [0.29, 0.717) is 12.6 Å². The second-order valence-corrected chi connectivity index (χ2v) is 7.25. The fourth-order valence-corrected chi connectivity index (χ4v) is 3.69. The van der Waals surface area contributed by atoms with Crippen LogP contribution in [0.4, 0.5) is 0 Å². The molecule has 1 atom stereocenters. The van der Waals surface area contributed by atoms with Crippen LogP contribution in [0, 0.1) is 6.92 Å². The molecular formula is C18H22N2OS. The molecule has 0 spiro atoms. The molecule has 116 valence electrons. The van der Waals surface area contributed by atoms with Gasteiger partial charge < -0.3 is 5.32 Å². The number of nitrogens with one attached hydrogen (secondary N) is 1. The van der Waals surface area contributed by atoms with Crippen molar-refractivity contribution in [2.24, 2.45) is 0 Å². The molecule has 3 rings (SSSR count). The zero-order chi connectivity index (χ0) is 15.5. The summed E-state index contributed by atoms with van der Waals surface area (Å²) < 4.78 is 0. The molecule has 1 aliphatic rings. The number of hydrogen-bond acceptors (Lipinski definition) is 3. The van der Waals surface area contributed by atoms with Crippen LogP contribution in [0.3, 0.4) is 0 Å². The average molecular weight is 314 g/mol. The van der Waals surface area contributed by atoms with Crippen molar-refractivity contribution in [3.8, 4) is 0 Å². The lowest BCUT2D eigenvalue weighted by Gasteiger charge is -2.33. The number of fused-ring (bicyclic) bond motifs is 1. The van der Waals surface area contributed by atoms with Crippen LogP contribution in [-0.4, -0.2) is 29.9 Å². The van der Waals surface area contributed by atoms with E-state index in [9.17, 15) is 4.79 Å². The third kappa shape index (κ3) is 3.39. The average Bonchev–Trinajstić information content (AvgIpc) is 2.98. The fraction of sp³-hybridized carbons (Fsp3) is 0.389. The summed E-state index contributed by atoms with van der Waals surface area (Å²) in [6, 6.07) is 12.9. The monoisotopic (exact) mass is 314 g/mol. The number of hydrogen-bond donors (Lipinski definition) is 1. The zero-order valence-corrected chi connectivity index (χ0v) is 14.0.